The Morgan fingerprint density at radius 1 is 1.33 bits per heavy atom. The maximum Gasteiger partial charge on any atom is 0.133 e. The summed E-state index contributed by atoms with van der Waals surface area (Å²) in [6, 6.07) is 4.03. The molecule has 1 aromatic rings. The van der Waals surface area contributed by atoms with Crippen molar-refractivity contribution in [1.82, 2.24) is 9.47 Å². The van der Waals surface area contributed by atoms with E-state index in [4.69, 9.17) is 5.73 Å². The predicted molar refractivity (Wildman–Crippen MR) is 73.6 cm³/mol. The Balaban J connectivity index is 2.31. The summed E-state index contributed by atoms with van der Waals surface area (Å²) >= 11 is 0. The summed E-state index contributed by atoms with van der Waals surface area (Å²) < 4.78 is 2.06. The lowest BCUT2D eigenvalue weighted by Gasteiger charge is -2.34. The van der Waals surface area contributed by atoms with Crippen LogP contribution in [0.25, 0.3) is 0 Å². The fourth-order valence-corrected chi connectivity index (χ4v) is 2.47. The molecule has 0 unspecified atom stereocenters. The molecule has 0 amide bonds. The largest absolute Gasteiger partial charge is 0.396 e. The van der Waals surface area contributed by atoms with Crippen LogP contribution >= 0.6 is 0 Å². The molecule has 0 bridgehead atoms. The van der Waals surface area contributed by atoms with Gasteiger partial charge >= 0.3 is 0 Å². The maximum absolute atomic E-state index is 9.17. The zero-order chi connectivity index (χ0) is 13.1. The molecule has 0 aromatic carbocycles. The van der Waals surface area contributed by atoms with E-state index in [-0.39, 0.29) is 0 Å². The molecule has 98 valence electrons. The third-order valence-corrected chi connectivity index (χ3v) is 3.46. The fourth-order valence-electron chi connectivity index (χ4n) is 2.47. The van der Waals surface area contributed by atoms with Gasteiger partial charge in [-0.25, -0.2) is 0 Å². The highest BCUT2D eigenvalue weighted by molar-refractivity contribution is 5.68. The number of nitrogens with two attached hydrogens (primary N) is 1. The molecular weight excluding hydrogens is 226 g/mol. The second kappa shape index (κ2) is 5.32. The Hall–Kier alpha value is -1.67. The molecular formula is C13H21N5. The van der Waals surface area contributed by atoms with Gasteiger partial charge in [-0.3, -0.25) is 0 Å². The number of hydrogen-bond donors (Lipinski definition) is 1. The highest BCUT2D eigenvalue weighted by atomic mass is 15.3. The summed E-state index contributed by atoms with van der Waals surface area (Å²) in [6.07, 6.45) is 1.00. The molecule has 1 fully saturated rings. The van der Waals surface area contributed by atoms with Crippen LogP contribution in [0.2, 0.25) is 0 Å². The van der Waals surface area contributed by atoms with Crippen molar-refractivity contribution in [2.75, 3.05) is 43.9 Å². The number of rotatable bonds is 3. The molecule has 1 aromatic heterocycles. The lowest BCUT2D eigenvalue weighted by Crippen LogP contribution is -2.45. The lowest BCUT2D eigenvalue weighted by atomic mass is 10.3. The van der Waals surface area contributed by atoms with Gasteiger partial charge in [-0.15, -0.1) is 0 Å². The summed E-state index contributed by atoms with van der Waals surface area (Å²) in [4.78, 5) is 4.61. The number of anilines is 2. The molecule has 5 heteroatoms. The van der Waals surface area contributed by atoms with Crippen LogP contribution in [0.5, 0.6) is 0 Å². The van der Waals surface area contributed by atoms with Gasteiger partial charge in [0.15, 0.2) is 0 Å². The predicted octanol–water partition coefficient (Wildman–Crippen LogP) is 1.10. The van der Waals surface area contributed by atoms with E-state index in [2.05, 4.69) is 34.4 Å². The summed E-state index contributed by atoms with van der Waals surface area (Å²) in [5, 5.41) is 9.17. The zero-order valence-corrected chi connectivity index (χ0v) is 11.2. The van der Waals surface area contributed by atoms with Gasteiger partial charge in [-0.2, -0.15) is 5.26 Å². The van der Waals surface area contributed by atoms with E-state index in [1.54, 1.807) is 6.07 Å². The summed E-state index contributed by atoms with van der Waals surface area (Å²) in [5.41, 5.74) is 7.48. The standard InChI is InChI=1S/C13H21N5/c1-3-4-18-11(10-14)9-12(15)13(18)17-7-5-16(2)6-8-17/h9H,3-8,15H2,1-2H3. The van der Waals surface area contributed by atoms with Gasteiger partial charge in [0.2, 0.25) is 0 Å². The van der Waals surface area contributed by atoms with E-state index in [1.165, 1.54) is 0 Å². The van der Waals surface area contributed by atoms with Crippen LogP contribution in [0.3, 0.4) is 0 Å². The van der Waals surface area contributed by atoms with Crippen molar-refractivity contribution < 1.29 is 0 Å². The molecule has 1 aliphatic rings. The zero-order valence-electron chi connectivity index (χ0n) is 11.2. The fraction of sp³-hybridized carbons (Fsp3) is 0.615. The number of nitrogens with zero attached hydrogens (tertiary/aromatic N) is 4. The number of hydrogen-bond acceptors (Lipinski definition) is 4. The molecule has 0 saturated carbocycles. The van der Waals surface area contributed by atoms with E-state index in [0.717, 1.165) is 50.6 Å². The molecule has 0 aliphatic carbocycles. The van der Waals surface area contributed by atoms with Crippen LogP contribution in [0.1, 0.15) is 19.0 Å². The van der Waals surface area contributed by atoms with Crippen molar-refractivity contribution >= 4 is 11.5 Å². The molecule has 2 heterocycles. The Morgan fingerprint density at radius 3 is 2.56 bits per heavy atom. The molecule has 5 nitrogen and oxygen atoms in total. The Bertz CT molecular complexity index is 449. The Labute approximate surface area is 108 Å². The van der Waals surface area contributed by atoms with Gasteiger partial charge in [0.1, 0.15) is 17.6 Å². The van der Waals surface area contributed by atoms with Crippen molar-refractivity contribution in [2.24, 2.45) is 0 Å². The first-order valence-electron chi connectivity index (χ1n) is 6.50. The summed E-state index contributed by atoms with van der Waals surface area (Å²) in [6.45, 7) is 6.99. The van der Waals surface area contributed by atoms with Gasteiger partial charge in [0, 0.05) is 32.7 Å². The molecule has 2 rings (SSSR count). The minimum absolute atomic E-state index is 0.670. The number of piperazine rings is 1. The first kappa shape index (κ1) is 12.8. The van der Waals surface area contributed by atoms with Crippen LogP contribution in [-0.4, -0.2) is 42.7 Å². The second-order valence-electron chi connectivity index (χ2n) is 4.86. The van der Waals surface area contributed by atoms with E-state index < -0.39 is 0 Å². The lowest BCUT2D eigenvalue weighted by molar-refractivity contribution is 0.311. The van der Waals surface area contributed by atoms with Gasteiger partial charge in [0.05, 0.1) is 5.69 Å². The Kier molecular flexibility index (Phi) is 3.78. The molecule has 0 spiro atoms. The monoisotopic (exact) mass is 247 g/mol. The second-order valence-corrected chi connectivity index (χ2v) is 4.86. The van der Waals surface area contributed by atoms with E-state index >= 15 is 0 Å². The third kappa shape index (κ3) is 2.29. The average Bonchev–Trinajstić information content (AvgIpc) is 2.68. The highest BCUT2D eigenvalue weighted by Gasteiger charge is 2.21. The average molecular weight is 247 g/mol. The normalized spacial score (nSPS) is 16.8. The van der Waals surface area contributed by atoms with Gasteiger partial charge < -0.3 is 20.1 Å². The molecule has 2 N–H and O–H groups in total. The molecule has 0 atom stereocenters. The van der Waals surface area contributed by atoms with Gasteiger partial charge in [-0.1, -0.05) is 6.92 Å². The van der Waals surface area contributed by atoms with Crippen LogP contribution in [0.4, 0.5) is 11.5 Å². The number of likely N-dealkylation sites (N-methyl/N-ethyl adjacent to an activating group) is 1. The first-order valence-corrected chi connectivity index (χ1v) is 6.50. The minimum Gasteiger partial charge on any atom is -0.396 e. The summed E-state index contributed by atoms with van der Waals surface area (Å²) in [5.74, 6) is 1.03. The molecule has 1 saturated heterocycles. The van der Waals surface area contributed by atoms with Gasteiger partial charge in [0.25, 0.3) is 0 Å². The van der Waals surface area contributed by atoms with Crippen molar-refractivity contribution in [3.8, 4) is 6.07 Å². The van der Waals surface area contributed by atoms with Crippen LogP contribution in [0, 0.1) is 11.3 Å². The third-order valence-electron chi connectivity index (χ3n) is 3.46. The molecule has 0 radical (unpaired) electrons. The smallest absolute Gasteiger partial charge is 0.133 e. The Morgan fingerprint density at radius 2 is 2.00 bits per heavy atom. The number of nitriles is 1. The number of aromatic nitrogens is 1. The highest BCUT2D eigenvalue weighted by Crippen LogP contribution is 2.28. The first-order chi connectivity index (χ1) is 8.67. The topological polar surface area (TPSA) is 61.2 Å². The molecule has 18 heavy (non-hydrogen) atoms. The maximum atomic E-state index is 9.17. The van der Waals surface area contributed by atoms with Crippen molar-refractivity contribution in [1.29, 1.82) is 5.26 Å². The van der Waals surface area contributed by atoms with Crippen LogP contribution < -0.4 is 10.6 Å². The summed E-state index contributed by atoms with van der Waals surface area (Å²) in [7, 11) is 2.13. The van der Waals surface area contributed by atoms with Crippen molar-refractivity contribution in [2.45, 2.75) is 19.9 Å². The van der Waals surface area contributed by atoms with Crippen LogP contribution in [0.15, 0.2) is 6.07 Å². The quantitative estimate of drug-likeness (QED) is 0.869. The SMILES string of the molecule is CCCn1c(C#N)cc(N)c1N1CCN(C)CC1. The molecule has 1 aliphatic heterocycles. The van der Waals surface area contributed by atoms with Gasteiger partial charge in [-0.05, 0) is 19.5 Å². The van der Waals surface area contributed by atoms with E-state index in [9.17, 15) is 5.26 Å². The van der Waals surface area contributed by atoms with E-state index in [1.807, 2.05) is 0 Å². The van der Waals surface area contributed by atoms with Crippen molar-refractivity contribution in [3.63, 3.8) is 0 Å². The number of nitrogen functional groups attached to an aromatic ring is 1. The van der Waals surface area contributed by atoms with E-state index in [0.29, 0.717) is 5.69 Å². The van der Waals surface area contributed by atoms with Crippen LogP contribution in [-0.2, 0) is 6.54 Å². The minimum atomic E-state index is 0.670. The van der Waals surface area contributed by atoms with Crippen molar-refractivity contribution in [3.05, 3.63) is 11.8 Å².